The van der Waals surface area contributed by atoms with E-state index in [4.69, 9.17) is 0 Å². The van der Waals surface area contributed by atoms with Crippen molar-refractivity contribution in [2.75, 3.05) is 0 Å². The third kappa shape index (κ3) is 2.71. The number of hydrogen-bond acceptors (Lipinski definition) is 2. The molecule has 2 atom stereocenters. The molecule has 0 saturated heterocycles. The summed E-state index contributed by atoms with van der Waals surface area (Å²) in [4.78, 5) is 0. The Morgan fingerprint density at radius 2 is 2.18 bits per heavy atom. The molecule has 3 heteroatoms. The molecule has 96 valence electrons. The quantitative estimate of drug-likeness (QED) is 0.873. The van der Waals surface area contributed by atoms with Gasteiger partial charge >= 0.3 is 0 Å². The maximum absolute atomic E-state index is 4.29. The van der Waals surface area contributed by atoms with Crippen LogP contribution in [0.25, 0.3) is 0 Å². The molecule has 0 aromatic carbocycles. The van der Waals surface area contributed by atoms with E-state index in [1.54, 1.807) is 0 Å². The molecule has 0 unspecified atom stereocenters. The van der Waals surface area contributed by atoms with Crippen LogP contribution >= 0.6 is 0 Å². The SMILES string of the molecule is Cc1c(CN[C@@H]2CC(C)(C)C[C@@H]2C)cnn1C. The molecule has 2 rings (SSSR count). The minimum absolute atomic E-state index is 0.501. The number of rotatable bonds is 3. The Balaban J connectivity index is 1.93. The first-order valence-corrected chi connectivity index (χ1v) is 6.60. The van der Waals surface area contributed by atoms with E-state index in [0.29, 0.717) is 11.5 Å². The highest BCUT2D eigenvalue weighted by Gasteiger charge is 2.36. The maximum atomic E-state index is 4.29. The number of aromatic nitrogens is 2. The van der Waals surface area contributed by atoms with Crippen LogP contribution in [0.1, 0.15) is 44.9 Å². The third-order valence-electron chi connectivity index (χ3n) is 4.23. The highest BCUT2D eigenvalue weighted by atomic mass is 15.3. The van der Waals surface area contributed by atoms with Gasteiger partial charge in [-0.15, -0.1) is 0 Å². The molecule has 1 N–H and O–H groups in total. The molecule has 1 fully saturated rings. The molecule has 0 spiro atoms. The van der Waals surface area contributed by atoms with Gasteiger partial charge in [-0.3, -0.25) is 4.68 Å². The molecule has 3 nitrogen and oxygen atoms in total. The highest BCUT2D eigenvalue weighted by molar-refractivity contribution is 5.15. The normalized spacial score (nSPS) is 27.6. The molecule has 1 aromatic rings. The maximum Gasteiger partial charge on any atom is 0.0537 e. The smallest absolute Gasteiger partial charge is 0.0537 e. The minimum Gasteiger partial charge on any atom is -0.310 e. The van der Waals surface area contributed by atoms with Crippen molar-refractivity contribution in [3.8, 4) is 0 Å². The summed E-state index contributed by atoms with van der Waals surface area (Å²) >= 11 is 0. The average Bonchev–Trinajstić information content (AvgIpc) is 2.67. The van der Waals surface area contributed by atoms with E-state index in [0.717, 1.165) is 12.5 Å². The van der Waals surface area contributed by atoms with E-state index in [1.807, 2.05) is 17.9 Å². The zero-order chi connectivity index (χ0) is 12.6. The fourth-order valence-corrected chi connectivity index (χ4v) is 3.13. The van der Waals surface area contributed by atoms with Gasteiger partial charge in [0.1, 0.15) is 0 Å². The monoisotopic (exact) mass is 235 g/mol. The lowest BCUT2D eigenvalue weighted by Crippen LogP contribution is -2.31. The Bertz CT molecular complexity index is 392. The zero-order valence-electron chi connectivity index (χ0n) is 11.7. The molecule has 1 heterocycles. The van der Waals surface area contributed by atoms with Crippen molar-refractivity contribution < 1.29 is 0 Å². The second-order valence-electron chi connectivity index (χ2n) is 6.42. The fraction of sp³-hybridized carbons (Fsp3) is 0.786. The van der Waals surface area contributed by atoms with Crippen molar-refractivity contribution in [2.45, 2.75) is 53.1 Å². The fourth-order valence-electron chi connectivity index (χ4n) is 3.13. The Kier molecular flexibility index (Phi) is 3.30. The van der Waals surface area contributed by atoms with Gasteiger partial charge in [-0.2, -0.15) is 5.10 Å². The molecular weight excluding hydrogens is 210 g/mol. The zero-order valence-corrected chi connectivity index (χ0v) is 11.7. The summed E-state index contributed by atoms with van der Waals surface area (Å²) in [5, 5.41) is 7.99. The molecule has 17 heavy (non-hydrogen) atoms. The van der Waals surface area contributed by atoms with E-state index >= 15 is 0 Å². The average molecular weight is 235 g/mol. The largest absolute Gasteiger partial charge is 0.310 e. The summed E-state index contributed by atoms with van der Waals surface area (Å²) in [5.41, 5.74) is 3.09. The van der Waals surface area contributed by atoms with Crippen molar-refractivity contribution in [1.82, 2.24) is 15.1 Å². The molecule has 1 aromatic heterocycles. The van der Waals surface area contributed by atoms with Gasteiger partial charge in [-0.25, -0.2) is 0 Å². The molecule has 1 aliphatic carbocycles. The van der Waals surface area contributed by atoms with E-state index in [2.05, 4.69) is 38.1 Å². The van der Waals surface area contributed by atoms with Crippen molar-refractivity contribution in [2.24, 2.45) is 18.4 Å². The van der Waals surface area contributed by atoms with Crippen molar-refractivity contribution >= 4 is 0 Å². The van der Waals surface area contributed by atoms with Crippen molar-refractivity contribution in [1.29, 1.82) is 0 Å². The lowest BCUT2D eigenvalue weighted by molar-refractivity contribution is 0.362. The van der Waals surface area contributed by atoms with Gasteiger partial charge in [-0.05, 0) is 31.1 Å². The lowest BCUT2D eigenvalue weighted by Gasteiger charge is -2.18. The van der Waals surface area contributed by atoms with Gasteiger partial charge < -0.3 is 5.32 Å². The Morgan fingerprint density at radius 3 is 2.65 bits per heavy atom. The number of nitrogens with one attached hydrogen (secondary N) is 1. The van der Waals surface area contributed by atoms with Crippen molar-refractivity contribution in [3.63, 3.8) is 0 Å². The predicted octanol–water partition coefficient (Wildman–Crippen LogP) is 2.64. The van der Waals surface area contributed by atoms with Crippen LogP contribution in [0.15, 0.2) is 6.20 Å². The van der Waals surface area contributed by atoms with E-state index < -0.39 is 0 Å². The van der Waals surface area contributed by atoms with E-state index in [1.165, 1.54) is 24.1 Å². The minimum atomic E-state index is 0.501. The van der Waals surface area contributed by atoms with E-state index in [9.17, 15) is 0 Å². The van der Waals surface area contributed by atoms with Crippen LogP contribution in [0.2, 0.25) is 0 Å². The van der Waals surface area contributed by atoms with Gasteiger partial charge in [0.15, 0.2) is 0 Å². The topological polar surface area (TPSA) is 29.9 Å². The Hall–Kier alpha value is -0.830. The standard InChI is InChI=1S/C14H25N3/c1-10-6-14(3,4)7-13(10)15-8-12-9-16-17(5)11(12)2/h9-10,13,15H,6-8H2,1-5H3/t10-,13+/m0/s1. The van der Waals surface area contributed by atoms with Crippen LogP contribution in [-0.4, -0.2) is 15.8 Å². The van der Waals surface area contributed by atoms with Crippen molar-refractivity contribution in [3.05, 3.63) is 17.5 Å². The molecule has 0 amide bonds. The molecule has 0 radical (unpaired) electrons. The molecule has 0 aliphatic heterocycles. The van der Waals surface area contributed by atoms with Gasteiger partial charge in [-0.1, -0.05) is 20.8 Å². The summed E-state index contributed by atoms with van der Waals surface area (Å²) in [6.45, 7) is 10.2. The molecular formula is C14H25N3. The van der Waals surface area contributed by atoms with Gasteiger partial charge in [0.05, 0.1) is 6.20 Å². The van der Waals surface area contributed by atoms with E-state index in [-0.39, 0.29) is 0 Å². The molecule has 1 aliphatic rings. The summed E-state index contributed by atoms with van der Waals surface area (Å²) < 4.78 is 1.94. The number of nitrogens with zero attached hydrogens (tertiary/aromatic N) is 2. The second-order valence-corrected chi connectivity index (χ2v) is 6.42. The van der Waals surface area contributed by atoms with Crippen LogP contribution < -0.4 is 5.32 Å². The van der Waals surface area contributed by atoms with Gasteiger partial charge in [0.2, 0.25) is 0 Å². The van der Waals surface area contributed by atoms with Crippen LogP contribution in [0.5, 0.6) is 0 Å². The summed E-state index contributed by atoms with van der Waals surface area (Å²) in [6.07, 6.45) is 4.59. The van der Waals surface area contributed by atoms with Gasteiger partial charge in [0.25, 0.3) is 0 Å². The van der Waals surface area contributed by atoms with Crippen LogP contribution in [0.4, 0.5) is 0 Å². The number of aryl methyl sites for hydroxylation is 1. The summed E-state index contributed by atoms with van der Waals surface area (Å²) in [7, 11) is 2.00. The summed E-state index contributed by atoms with van der Waals surface area (Å²) in [5.74, 6) is 0.780. The van der Waals surface area contributed by atoms with Crippen LogP contribution in [0.3, 0.4) is 0 Å². The highest BCUT2D eigenvalue weighted by Crippen LogP contribution is 2.40. The first-order chi connectivity index (χ1) is 7.89. The van der Waals surface area contributed by atoms with Gasteiger partial charge in [0, 0.05) is 30.9 Å². The number of hydrogen-bond donors (Lipinski definition) is 1. The Morgan fingerprint density at radius 1 is 1.47 bits per heavy atom. The second kappa shape index (κ2) is 4.45. The first-order valence-electron chi connectivity index (χ1n) is 6.60. The molecule has 0 bridgehead atoms. The van der Waals surface area contributed by atoms with Crippen LogP contribution in [-0.2, 0) is 13.6 Å². The first kappa shape index (κ1) is 12.6. The summed E-state index contributed by atoms with van der Waals surface area (Å²) in [6, 6.07) is 0.657. The molecule has 1 saturated carbocycles. The Labute approximate surface area is 105 Å². The predicted molar refractivity (Wildman–Crippen MR) is 70.8 cm³/mol. The van der Waals surface area contributed by atoms with Crippen LogP contribution in [0, 0.1) is 18.3 Å². The lowest BCUT2D eigenvalue weighted by atomic mass is 9.91. The third-order valence-corrected chi connectivity index (χ3v) is 4.23.